The zero-order chi connectivity index (χ0) is 14.0. The van der Waals surface area contributed by atoms with Gasteiger partial charge in [0.1, 0.15) is 0 Å². The van der Waals surface area contributed by atoms with E-state index in [4.69, 9.17) is 5.73 Å². The Balaban J connectivity index is 0.00000161. The molecule has 116 valence electrons. The fraction of sp³-hybridized carbons (Fsp3) is 0.588. The van der Waals surface area contributed by atoms with E-state index in [1.54, 1.807) is 0 Å². The Labute approximate surface area is 133 Å². The standard InChI is InChI=1S/C17H24N2O.ClH/c18-17(9-2-1-3-10-17)12-19-16(20)15-8-7-13-5-4-6-14(13)11-15;/h7-8,11H,1-6,9-10,12,18H2,(H,19,20);1H. The number of carbonyl (C=O) groups is 1. The van der Waals surface area contributed by atoms with Gasteiger partial charge in [-0.05, 0) is 55.4 Å². The first-order chi connectivity index (χ1) is 9.66. The predicted octanol–water partition coefficient (Wildman–Crippen LogP) is 2.99. The number of nitrogens with one attached hydrogen (secondary N) is 1. The monoisotopic (exact) mass is 308 g/mol. The highest BCUT2D eigenvalue weighted by molar-refractivity contribution is 5.94. The van der Waals surface area contributed by atoms with Gasteiger partial charge in [0.25, 0.3) is 5.91 Å². The van der Waals surface area contributed by atoms with Crippen LogP contribution in [0, 0.1) is 0 Å². The number of fused-ring (bicyclic) bond motifs is 1. The SMILES string of the molecule is Cl.NC1(CNC(=O)c2ccc3c(c2)CCC3)CCCCC1. The minimum Gasteiger partial charge on any atom is -0.350 e. The van der Waals surface area contributed by atoms with E-state index in [9.17, 15) is 4.79 Å². The first-order valence-corrected chi connectivity index (χ1v) is 7.85. The van der Waals surface area contributed by atoms with Gasteiger partial charge in [-0.2, -0.15) is 0 Å². The number of rotatable bonds is 3. The van der Waals surface area contributed by atoms with E-state index in [1.807, 2.05) is 6.07 Å². The molecule has 3 rings (SSSR count). The molecule has 0 radical (unpaired) electrons. The van der Waals surface area contributed by atoms with Gasteiger partial charge in [0.05, 0.1) is 0 Å². The van der Waals surface area contributed by atoms with Crippen molar-refractivity contribution < 1.29 is 4.79 Å². The molecule has 0 bridgehead atoms. The third-order valence-corrected chi connectivity index (χ3v) is 4.81. The third kappa shape index (κ3) is 3.78. The van der Waals surface area contributed by atoms with Crippen molar-refractivity contribution in [2.24, 2.45) is 5.73 Å². The minimum atomic E-state index is -0.190. The summed E-state index contributed by atoms with van der Waals surface area (Å²) < 4.78 is 0. The summed E-state index contributed by atoms with van der Waals surface area (Å²) in [5.41, 5.74) is 9.71. The van der Waals surface area contributed by atoms with Crippen molar-refractivity contribution in [3.63, 3.8) is 0 Å². The Morgan fingerprint density at radius 1 is 1.10 bits per heavy atom. The number of amides is 1. The van der Waals surface area contributed by atoms with Gasteiger partial charge in [0.15, 0.2) is 0 Å². The summed E-state index contributed by atoms with van der Waals surface area (Å²) in [5, 5.41) is 3.04. The first-order valence-electron chi connectivity index (χ1n) is 7.85. The van der Waals surface area contributed by atoms with E-state index >= 15 is 0 Å². The number of nitrogens with two attached hydrogens (primary N) is 1. The molecule has 1 fully saturated rings. The van der Waals surface area contributed by atoms with Gasteiger partial charge < -0.3 is 11.1 Å². The lowest BCUT2D eigenvalue weighted by atomic mass is 9.82. The van der Waals surface area contributed by atoms with E-state index in [2.05, 4.69) is 17.4 Å². The second-order valence-corrected chi connectivity index (χ2v) is 6.44. The van der Waals surface area contributed by atoms with Gasteiger partial charge in [0.2, 0.25) is 0 Å². The fourth-order valence-corrected chi connectivity index (χ4v) is 3.50. The lowest BCUT2D eigenvalue weighted by molar-refractivity contribution is 0.0937. The normalized spacial score (nSPS) is 19.5. The maximum absolute atomic E-state index is 12.3. The molecule has 1 aromatic rings. The molecule has 1 aromatic carbocycles. The number of aryl methyl sites for hydroxylation is 2. The van der Waals surface area contributed by atoms with Crippen LogP contribution in [-0.4, -0.2) is 18.0 Å². The summed E-state index contributed by atoms with van der Waals surface area (Å²) in [4.78, 5) is 12.3. The molecule has 0 saturated heterocycles. The summed E-state index contributed by atoms with van der Waals surface area (Å²) in [6.07, 6.45) is 9.18. The molecule has 2 aliphatic carbocycles. The van der Waals surface area contributed by atoms with Crippen molar-refractivity contribution in [3.8, 4) is 0 Å². The highest BCUT2D eigenvalue weighted by Crippen LogP contribution is 2.26. The van der Waals surface area contributed by atoms with Crippen LogP contribution in [0.2, 0.25) is 0 Å². The minimum absolute atomic E-state index is 0. The molecule has 0 unspecified atom stereocenters. The van der Waals surface area contributed by atoms with Gasteiger partial charge >= 0.3 is 0 Å². The molecule has 4 heteroatoms. The Kier molecular flexibility index (Phi) is 5.28. The molecule has 0 atom stereocenters. The quantitative estimate of drug-likeness (QED) is 0.902. The van der Waals surface area contributed by atoms with E-state index < -0.39 is 0 Å². The molecule has 1 saturated carbocycles. The van der Waals surface area contributed by atoms with Crippen LogP contribution in [-0.2, 0) is 12.8 Å². The second kappa shape index (κ2) is 6.80. The Hall–Kier alpha value is -1.06. The number of hydrogen-bond donors (Lipinski definition) is 2. The molecule has 3 nitrogen and oxygen atoms in total. The zero-order valence-corrected chi connectivity index (χ0v) is 13.3. The van der Waals surface area contributed by atoms with E-state index in [-0.39, 0.29) is 23.9 Å². The number of halogens is 1. The van der Waals surface area contributed by atoms with Crippen molar-refractivity contribution in [2.75, 3.05) is 6.54 Å². The van der Waals surface area contributed by atoms with Crippen LogP contribution >= 0.6 is 12.4 Å². The van der Waals surface area contributed by atoms with Gasteiger partial charge in [0, 0.05) is 17.6 Å². The summed E-state index contributed by atoms with van der Waals surface area (Å²) in [6, 6.07) is 6.11. The van der Waals surface area contributed by atoms with Crippen molar-refractivity contribution in [1.29, 1.82) is 0 Å². The van der Waals surface area contributed by atoms with Crippen molar-refractivity contribution >= 4 is 18.3 Å². The van der Waals surface area contributed by atoms with Gasteiger partial charge in [-0.3, -0.25) is 4.79 Å². The van der Waals surface area contributed by atoms with Gasteiger partial charge in [-0.15, -0.1) is 12.4 Å². The Morgan fingerprint density at radius 3 is 2.57 bits per heavy atom. The maximum Gasteiger partial charge on any atom is 0.251 e. The Bertz CT molecular complexity index is 510. The lowest BCUT2D eigenvalue weighted by Gasteiger charge is -2.33. The van der Waals surface area contributed by atoms with Crippen molar-refractivity contribution in [3.05, 3.63) is 34.9 Å². The first kappa shape index (κ1) is 16.3. The van der Waals surface area contributed by atoms with Crippen LogP contribution in [0.5, 0.6) is 0 Å². The number of hydrogen-bond acceptors (Lipinski definition) is 2. The number of carbonyl (C=O) groups excluding carboxylic acids is 1. The molecular formula is C17H25ClN2O. The topological polar surface area (TPSA) is 55.1 Å². The highest BCUT2D eigenvalue weighted by Gasteiger charge is 2.27. The molecule has 3 N–H and O–H groups in total. The molecule has 21 heavy (non-hydrogen) atoms. The average Bonchev–Trinajstić information content (AvgIpc) is 2.93. The van der Waals surface area contributed by atoms with Crippen molar-refractivity contribution in [1.82, 2.24) is 5.32 Å². The van der Waals surface area contributed by atoms with Gasteiger partial charge in [-0.1, -0.05) is 25.3 Å². The average molecular weight is 309 g/mol. The molecule has 0 aromatic heterocycles. The second-order valence-electron chi connectivity index (χ2n) is 6.44. The lowest BCUT2D eigenvalue weighted by Crippen LogP contribution is -2.51. The number of benzene rings is 1. The zero-order valence-electron chi connectivity index (χ0n) is 12.5. The van der Waals surface area contributed by atoms with Crippen LogP contribution in [0.3, 0.4) is 0 Å². The molecule has 0 heterocycles. The van der Waals surface area contributed by atoms with Crippen molar-refractivity contribution in [2.45, 2.75) is 56.9 Å². The van der Waals surface area contributed by atoms with Gasteiger partial charge in [-0.25, -0.2) is 0 Å². The molecule has 2 aliphatic rings. The third-order valence-electron chi connectivity index (χ3n) is 4.81. The summed E-state index contributed by atoms with van der Waals surface area (Å²) >= 11 is 0. The molecular weight excluding hydrogens is 284 g/mol. The highest BCUT2D eigenvalue weighted by atomic mass is 35.5. The summed E-state index contributed by atoms with van der Waals surface area (Å²) in [6.45, 7) is 0.600. The van der Waals surface area contributed by atoms with E-state index in [1.165, 1.54) is 36.8 Å². The van der Waals surface area contributed by atoms with E-state index in [0.717, 1.165) is 31.2 Å². The van der Waals surface area contributed by atoms with Crippen LogP contribution in [0.15, 0.2) is 18.2 Å². The van der Waals surface area contributed by atoms with E-state index in [0.29, 0.717) is 6.54 Å². The predicted molar refractivity (Wildman–Crippen MR) is 88.1 cm³/mol. The molecule has 1 amide bonds. The fourth-order valence-electron chi connectivity index (χ4n) is 3.50. The largest absolute Gasteiger partial charge is 0.350 e. The summed E-state index contributed by atoms with van der Waals surface area (Å²) in [5.74, 6) is 0.0232. The summed E-state index contributed by atoms with van der Waals surface area (Å²) in [7, 11) is 0. The van der Waals surface area contributed by atoms with Crippen LogP contribution in [0.4, 0.5) is 0 Å². The smallest absolute Gasteiger partial charge is 0.251 e. The van der Waals surface area contributed by atoms with Crippen LogP contribution in [0.25, 0.3) is 0 Å². The maximum atomic E-state index is 12.3. The molecule has 0 aliphatic heterocycles. The van der Waals surface area contributed by atoms with Crippen LogP contribution < -0.4 is 11.1 Å². The van der Waals surface area contributed by atoms with Crippen LogP contribution in [0.1, 0.15) is 60.0 Å². The Morgan fingerprint density at radius 2 is 1.81 bits per heavy atom. The molecule has 0 spiro atoms.